The van der Waals surface area contributed by atoms with E-state index in [1.165, 1.54) is 0 Å². The van der Waals surface area contributed by atoms with Gasteiger partial charge in [-0.25, -0.2) is 9.59 Å². The van der Waals surface area contributed by atoms with Crippen molar-refractivity contribution in [3.8, 4) is 0 Å². The van der Waals surface area contributed by atoms with Crippen molar-refractivity contribution in [3.63, 3.8) is 0 Å². The highest BCUT2D eigenvalue weighted by Gasteiger charge is 2.55. The topological polar surface area (TPSA) is 102 Å². The molecular weight excluding hydrogens is 400 g/mol. The summed E-state index contributed by atoms with van der Waals surface area (Å²) in [7, 11) is 0. The minimum absolute atomic E-state index is 0.0143. The first-order chi connectivity index (χ1) is 14.6. The Balaban J connectivity index is 1.50. The zero-order valence-electron chi connectivity index (χ0n) is 19.1. The van der Waals surface area contributed by atoms with Crippen LogP contribution in [0.25, 0.3) is 0 Å². The zero-order chi connectivity index (χ0) is 22.8. The van der Waals surface area contributed by atoms with Crippen LogP contribution in [0.1, 0.15) is 72.6 Å². The molecule has 5 unspecified atom stereocenters. The molecule has 1 spiro atoms. The first kappa shape index (κ1) is 23.5. The van der Waals surface area contributed by atoms with E-state index in [1.807, 2.05) is 6.92 Å². The summed E-state index contributed by atoms with van der Waals surface area (Å²) in [6.07, 6.45) is 6.09. The number of imide groups is 1. The molecule has 3 aliphatic rings. The molecule has 1 saturated heterocycles. The Kier molecular flexibility index (Phi) is 7.27. The van der Waals surface area contributed by atoms with E-state index in [4.69, 9.17) is 9.47 Å². The van der Waals surface area contributed by atoms with Crippen LogP contribution in [0, 0.1) is 23.7 Å². The molecule has 0 radical (unpaired) electrons. The number of amides is 3. The van der Waals surface area contributed by atoms with E-state index >= 15 is 0 Å². The molecule has 0 bridgehead atoms. The van der Waals surface area contributed by atoms with Gasteiger partial charge in [0.15, 0.2) is 6.61 Å². The summed E-state index contributed by atoms with van der Waals surface area (Å²) in [5.41, 5.74) is -0.919. The lowest BCUT2D eigenvalue weighted by molar-refractivity contribution is -0.167. The number of esters is 2. The fraction of sp³-hybridized carbons (Fsp3) is 0.826. The molecule has 2 saturated carbocycles. The van der Waals surface area contributed by atoms with Crippen LogP contribution in [0.2, 0.25) is 0 Å². The molecule has 3 amide bonds. The number of carbonyl (C=O) groups excluding carboxylic acids is 4. The summed E-state index contributed by atoms with van der Waals surface area (Å²) >= 11 is 0. The smallest absolute Gasteiger partial charge is 0.344 e. The summed E-state index contributed by atoms with van der Waals surface area (Å²) in [6, 6.07) is -0.575. The van der Waals surface area contributed by atoms with Gasteiger partial charge in [-0.1, -0.05) is 47.0 Å². The van der Waals surface area contributed by atoms with Gasteiger partial charge in [-0.05, 0) is 49.4 Å². The average molecular weight is 437 g/mol. The van der Waals surface area contributed by atoms with Gasteiger partial charge in [-0.2, -0.15) is 0 Å². The summed E-state index contributed by atoms with van der Waals surface area (Å²) in [4.78, 5) is 50.7. The van der Waals surface area contributed by atoms with Crippen LogP contribution < -0.4 is 5.32 Å². The van der Waals surface area contributed by atoms with Crippen LogP contribution in [0.5, 0.6) is 0 Å². The molecule has 5 atom stereocenters. The predicted octanol–water partition coefficient (Wildman–Crippen LogP) is 3.03. The van der Waals surface area contributed by atoms with E-state index < -0.39 is 36.7 Å². The van der Waals surface area contributed by atoms with Gasteiger partial charge in [0.25, 0.3) is 5.91 Å². The predicted molar refractivity (Wildman–Crippen MR) is 113 cm³/mol. The summed E-state index contributed by atoms with van der Waals surface area (Å²) < 4.78 is 10.7. The number of carbonyl (C=O) groups is 4. The van der Waals surface area contributed by atoms with Gasteiger partial charge >= 0.3 is 18.0 Å². The van der Waals surface area contributed by atoms with Crippen LogP contribution in [0.4, 0.5) is 4.79 Å². The first-order valence-corrected chi connectivity index (χ1v) is 11.6. The van der Waals surface area contributed by atoms with Crippen molar-refractivity contribution in [1.82, 2.24) is 10.2 Å². The molecule has 8 heteroatoms. The molecule has 0 aromatic rings. The number of nitrogens with one attached hydrogen (secondary N) is 1. The lowest BCUT2D eigenvalue weighted by Gasteiger charge is -2.36. The minimum Gasteiger partial charge on any atom is -0.460 e. The Morgan fingerprint density at radius 1 is 1.13 bits per heavy atom. The Hall–Kier alpha value is -2.12. The zero-order valence-corrected chi connectivity index (χ0v) is 19.1. The van der Waals surface area contributed by atoms with Gasteiger partial charge in [0, 0.05) is 0 Å². The third kappa shape index (κ3) is 5.04. The van der Waals surface area contributed by atoms with Gasteiger partial charge in [0.05, 0.1) is 0 Å². The highest BCUT2D eigenvalue weighted by Crippen LogP contribution is 2.38. The van der Waals surface area contributed by atoms with Crippen molar-refractivity contribution in [3.05, 3.63) is 0 Å². The molecule has 1 aliphatic heterocycles. The maximum absolute atomic E-state index is 12.9. The molecule has 0 aromatic carbocycles. The number of hydrogen-bond donors (Lipinski definition) is 1. The van der Waals surface area contributed by atoms with E-state index in [2.05, 4.69) is 26.1 Å². The fourth-order valence-electron chi connectivity index (χ4n) is 5.41. The van der Waals surface area contributed by atoms with Gasteiger partial charge in [0.2, 0.25) is 0 Å². The molecule has 0 aromatic heterocycles. The van der Waals surface area contributed by atoms with Crippen LogP contribution in [0.3, 0.4) is 0 Å². The maximum atomic E-state index is 12.9. The maximum Gasteiger partial charge on any atom is 0.344 e. The normalized spacial score (nSPS) is 33.5. The highest BCUT2D eigenvalue weighted by molar-refractivity contribution is 6.09. The molecular formula is C23H36N2O6. The summed E-state index contributed by atoms with van der Waals surface area (Å²) in [6.45, 7) is 7.33. The number of ether oxygens (including phenoxy) is 2. The number of hydrogen-bond acceptors (Lipinski definition) is 6. The molecule has 3 rings (SSSR count). The van der Waals surface area contributed by atoms with Crippen molar-refractivity contribution < 1.29 is 28.7 Å². The number of urea groups is 1. The van der Waals surface area contributed by atoms with Crippen LogP contribution in [0.15, 0.2) is 0 Å². The van der Waals surface area contributed by atoms with Gasteiger partial charge in [0.1, 0.15) is 18.2 Å². The fourth-order valence-corrected chi connectivity index (χ4v) is 5.41. The van der Waals surface area contributed by atoms with Gasteiger partial charge in [-0.15, -0.1) is 0 Å². The molecule has 3 fully saturated rings. The third-order valence-electron chi connectivity index (χ3n) is 7.38. The molecule has 2 aliphatic carbocycles. The van der Waals surface area contributed by atoms with Crippen molar-refractivity contribution >= 4 is 23.9 Å². The molecule has 8 nitrogen and oxygen atoms in total. The molecule has 31 heavy (non-hydrogen) atoms. The van der Waals surface area contributed by atoms with E-state index in [0.29, 0.717) is 24.2 Å². The standard InChI is InChI=1S/C23H36N2O6/c1-14(2)17-9-8-15(3)11-18(17)31-20(27)13-30-19(26)12-25-21(28)23(24-22(25)29)10-6-5-7-16(23)4/h14-18H,5-13H2,1-4H3,(H,24,29). The van der Waals surface area contributed by atoms with E-state index in [-0.39, 0.29) is 17.9 Å². The highest BCUT2D eigenvalue weighted by atomic mass is 16.6. The minimum atomic E-state index is -0.919. The number of rotatable bonds is 6. The lowest BCUT2D eigenvalue weighted by atomic mass is 9.73. The largest absolute Gasteiger partial charge is 0.460 e. The third-order valence-corrected chi connectivity index (χ3v) is 7.38. The van der Waals surface area contributed by atoms with Gasteiger partial charge < -0.3 is 14.8 Å². The summed E-state index contributed by atoms with van der Waals surface area (Å²) in [5.74, 6) is -0.547. The second kappa shape index (κ2) is 9.57. The van der Waals surface area contributed by atoms with E-state index in [0.717, 1.165) is 43.4 Å². The molecule has 174 valence electrons. The lowest BCUT2D eigenvalue weighted by Crippen LogP contribution is -2.54. The molecule has 1 heterocycles. The number of nitrogens with zero attached hydrogens (tertiary/aromatic N) is 1. The monoisotopic (exact) mass is 436 g/mol. The Morgan fingerprint density at radius 3 is 2.55 bits per heavy atom. The average Bonchev–Trinajstić information content (AvgIpc) is 2.93. The van der Waals surface area contributed by atoms with Crippen molar-refractivity contribution in [2.45, 2.75) is 84.3 Å². The second-order valence-electron chi connectivity index (χ2n) is 9.95. The van der Waals surface area contributed by atoms with E-state index in [1.54, 1.807) is 0 Å². The van der Waals surface area contributed by atoms with Crippen LogP contribution in [-0.4, -0.2) is 53.6 Å². The van der Waals surface area contributed by atoms with E-state index in [9.17, 15) is 19.2 Å². The quantitative estimate of drug-likeness (QED) is 0.507. The first-order valence-electron chi connectivity index (χ1n) is 11.6. The summed E-state index contributed by atoms with van der Waals surface area (Å²) in [5, 5.41) is 2.80. The van der Waals surface area contributed by atoms with Gasteiger partial charge in [-0.3, -0.25) is 14.5 Å². The Bertz CT molecular complexity index is 723. The Morgan fingerprint density at radius 2 is 1.87 bits per heavy atom. The van der Waals surface area contributed by atoms with Crippen molar-refractivity contribution in [2.24, 2.45) is 23.7 Å². The van der Waals surface area contributed by atoms with Crippen molar-refractivity contribution in [1.29, 1.82) is 0 Å². The van der Waals surface area contributed by atoms with Crippen LogP contribution in [-0.2, 0) is 23.9 Å². The Labute approximate surface area is 184 Å². The SMILES string of the molecule is CC1CCC(C(C)C)C(OC(=O)COC(=O)CN2C(=O)NC3(CCCCC3C)C2=O)C1. The molecule has 1 N–H and O–H groups in total. The van der Waals surface area contributed by atoms with Crippen molar-refractivity contribution in [2.75, 3.05) is 13.2 Å². The van der Waals surface area contributed by atoms with Crippen LogP contribution >= 0.6 is 0 Å². The second-order valence-corrected chi connectivity index (χ2v) is 9.95.